The molecule has 0 aliphatic carbocycles. The third-order valence-corrected chi connectivity index (χ3v) is 5.82. The van der Waals surface area contributed by atoms with Gasteiger partial charge >= 0.3 is 0 Å². The predicted molar refractivity (Wildman–Crippen MR) is 118 cm³/mol. The third-order valence-electron chi connectivity index (χ3n) is 4.67. The van der Waals surface area contributed by atoms with E-state index in [-0.39, 0.29) is 5.69 Å². The second-order valence-corrected chi connectivity index (χ2v) is 7.46. The van der Waals surface area contributed by atoms with Crippen LogP contribution in [-0.4, -0.2) is 24.1 Å². The zero-order chi connectivity index (χ0) is 21.1. The molecule has 150 valence electrons. The molecule has 30 heavy (non-hydrogen) atoms. The van der Waals surface area contributed by atoms with Crippen molar-refractivity contribution in [3.05, 3.63) is 82.9 Å². The molecular weight excluding hydrogens is 400 g/mol. The van der Waals surface area contributed by atoms with E-state index in [1.807, 2.05) is 48.5 Å². The molecule has 0 radical (unpaired) electrons. The van der Waals surface area contributed by atoms with E-state index in [1.165, 1.54) is 12.1 Å². The summed E-state index contributed by atoms with van der Waals surface area (Å²) in [6.45, 7) is 0. The lowest BCUT2D eigenvalue weighted by atomic mass is 10.1. The number of nitrogens with zero attached hydrogens (tertiary/aromatic N) is 2. The molecule has 0 aliphatic rings. The summed E-state index contributed by atoms with van der Waals surface area (Å²) < 4.78 is 10.5. The van der Waals surface area contributed by atoms with Crippen LogP contribution in [0.3, 0.4) is 0 Å². The lowest BCUT2D eigenvalue weighted by Crippen LogP contribution is -1.87. The number of rotatable bonds is 6. The van der Waals surface area contributed by atoms with Gasteiger partial charge in [0, 0.05) is 23.3 Å². The number of nitro groups is 1. The maximum atomic E-state index is 11.0. The first-order valence-electron chi connectivity index (χ1n) is 9.13. The first kappa shape index (κ1) is 19.6. The van der Waals surface area contributed by atoms with Crippen molar-refractivity contribution in [2.45, 2.75) is 0 Å². The Morgan fingerprint density at radius 3 is 1.77 bits per heavy atom. The van der Waals surface area contributed by atoms with Gasteiger partial charge < -0.3 is 9.47 Å². The number of hydrogen-bond acceptors (Lipinski definition) is 6. The Kier molecular flexibility index (Phi) is 5.45. The molecule has 0 amide bonds. The fraction of sp³-hybridized carbons (Fsp3) is 0.0870. The molecule has 0 saturated heterocycles. The maximum absolute atomic E-state index is 11.0. The largest absolute Gasteiger partial charge is 0.497 e. The first-order valence-corrected chi connectivity index (χ1v) is 9.95. The van der Waals surface area contributed by atoms with Gasteiger partial charge in [-0.15, -0.1) is 11.3 Å². The SMILES string of the molecule is COc1ccc(-c2nc(-c3ccc([N+](=O)[O-])cc3)sc2-c2ccc(OC)cc2)cc1. The van der Waals surface area contributed by atoms with Crippen LogP contribution in [0.5, 0.6) is 11.5 Å². The van der Waals surface area contributed by atoms with Gasteiger partial charge in [0.05, 0.1) is 29.7 Å². The molecule has 0 unspecified atom stereocenters. The lowest BCUT2D eigenvalue weighted by Gasteiger charge is -2.05. The first-order chi connectivity index (χ1) is 14.6. The Hall–Kier alpha value is -3.71. The van der Waals surface area contributed by atoms with E-state index in [0.717, 1.165) is 43.8 Å². The molecule has 4 rings (SSSR count). The van der Waals surface area contributed by atoms with Crippen molar-refractivity contribution in [2.75, 3.05) is 14.2 Å². The second-order valence-electron chi connectivity index (χ2n) is 6.46. The fourth-order valence-corrected chi connectivity index (χ4v) is 4.15. The summed E-state index contributed by atoms with van der Waals surface area (Å²) >= 11 is 1.55. The molecule has 0 N–H and O–H groups in total. The summed E-state index contributed by atoms with van der Waals surface area (Å²) in [5.74, 6) is 1.56. The lowest BCUT2D eigenvalue weighted by molar-refractivity contribution is -0.384. The van der Waals surface area contributed by atoms with Gasteiger partial charge in [0.15, 0.2) is 0 Å². The number of benzene rings is 3. The maximum Gasteiger partial charge on any atom is 0.269 e. The second kappa shape index (κ2) is 8.34. The number of thiazole rings is 1. The molecular formula is C23H18N2O4S. The monoisotopic (exact) mass is 418 g/mol. The van der Waals surface area contributed by atoms with Crippen LogP contribution < -0.4 is 9.47 Å². The highest BCUT2D eigenvalue weighted by atomic mass is 32.1. The van der Waals surface area contributed by atoms with Crippen LogP contribution in [0.1, 0.15) is 0 Å². The Bertz CT molecular complexity index is 1100. The van der Waals surface area contributed by atoms with Crippen LogP contribution in [0.2, 0.25) is 0 Å². The molecule has 0 spiro atoms. The molecule has 3 aromatic carbocycles. The van der Waals surface area contributed by atoms with Gasteiger partial charge in [0.1, 0.15) is 16.5 Å². The highest BCUT2D eigenvalue weighted by Crippen LogP contribution is 2.41. The van der Waals surface area contributed by atoms with E-state index in [0.29, 0.717) is 0 Å². The van der Waals surface area contributed by atoms with Gasteiger partial charge in [-0.05, 0) is 66.2 Å². The highest BCUT2D eigenvalue weighted by Gasteiger charge is 2.17. The van der Waals surface area contributed by atoms with Crippen LogP contribution in [-0.2, 0) is 0 Å². The summed E-state index contributed by atoms with van der Waals surface area (Å²) in [4.78, 5) is 16.4. The quantitative estimate of drug-likeness (QED) is 0.281. The van der Waals surface area contributed by atoms with Gasteiger partial charge in [0.2, 0.25) is 0 Å². The Morgan fingerprint density at radius 1 is 0.767 bits per heavy atom. The molecule has 0 bridgehead atoms. The van der Waals surface area contributed by atoms with Crippen LogP contribution in [0.25, 0.3) is 32.3 Å². The van der Waals surface area contributed by atoms with Gasteiger partial charge in [-0.3, -0.25) is 10.1 Å². The Morgan fingerprint density at radius 2 is 1.27 bits per heavy atom. The number of aromatic nitrogens is 1. The van der Waals surface area contributed by atoms with Crippen molar-refractivity contribution in [1.29, 1.82) is 0 Å². The van der Waals surface area contributed by atoms with Gasteiger partial charge in [-0.25, -0.2) is 4.98 Å². The summed E-state index contributed by atoms with van der Waals surface area (Å²) in [6.07, 6.45) is 0. The summed E-state index contributed by atoms with van der Waals surface area (Å²) in [7, 11) is 3.27. The minimum absolute atomic E-state index is 0.0565. The van der Waals surface area contributed by atoms with Crippen LogP contribution in [0, 0.1) is 10.1 Å². The minimum Gasteiger partial charge on any atom is -0.497 e. The standard InChI is InChI=1S/C23H18N2O4S/c1-28-19-11-5-15(6-12-19)21-22(16-7-13-20(29-2)14-8-16)30-23(24-21)17-3-9-18(10-4-17)25(26)27/h3-14H,1-2H3. The van der Waals surface area contributed by atoms with Gasteiger partial charge in [-0.2, -0.15) is 0 Å². The van der Waals surface area contributed by atoms with Crippen LogP contribution in [0.15, 0.2) is 72.8 Å². The molecule has 7 heteroatoms. The third kappa shape index (κ3) is 3.88. The van der Waals surface area contributed by atoms with E-state index in [2.05, 4.69) is 0 Å². The van der Waals surface area contributed by atoms with Crippen LogP contribution in [0.4, 0.5) is 5.69 Å². The fourth-order valence-electron chi connectivity index (χ4n) is 3.05. The smallest absolute Gasteiger partial charge is 0.269 e. The Labute approximate surface area is 177 Å². The van der Waals surface area contributed by atoms with Crippen molar-refractivity contribution >= 4 is 17.0 Å². The Balaban J connectivity index is 1.82. The normalized spacial score (nSPS) is 10.6. The summed E-state index contributed by atoms with van der Waals surface area (Å²) in [5, 5.41) is 11.7. The topological polar surface area (TPSA) is 74.5 Å². The zero-order valence-corrected chi connectivity index (χ0v) is 17.2. The molecule has 0 atom stereocenters. The van der Waals surface area contributed by atoms with E-state index in [4.69, 9.17) is 14.5 Å². The predicted octanol–water partition coefficient (Wildman–Crippen LogP) is 6.07. The highest BCUT2D eigenvalue weighted by molar-refractivity contribution is 7.19. The molecule has 0 aliphatic heterocycles. The number of non-ortho nitro benzene ring substituents is 1. The molecule has 0 fully saturated rings. The number of methoxy groups -OCH3 is 2. The van der Waals surface area contributed by atoms with Crippen molar-refractivity contribution in [3.63, 3.8) is 0 Å². The average molecular weight is 418 g/mol. The molecule has 4 aromatic rings. The summed E-state index contributed by atoms with van der Waals surface area (Å²) in [5.41, 5.74) is 3.72. The van der Waals surface area contributed by atoms with E-state index in [9.17, 15) is 10.1 Å². The molecule has 6 nitrogen and oxygen atoms in total. The molecule has 0 saturated carbocycles. The van der Waals surface area contributed by atoms with Crippen LogP contribution >= 0.6 is 11.3 Å². The van der Waals surface area contributed by atoms with Crippen molar-refractivity contribution in [1.82, 2.24) is 4.98 Å². The zero-order valence-electron chi connectivity index (χ0n) is 16.4. The van der Waals surface area contributed by atoms with E-state index in [1.54, 1.807) is 37.7 Å². The van der Waals surface area contributed by atoms with Gasteiger partial charge in [-0.1, -0.05) is 0 Å². The average Bonchev–Trinajstić information content (AvgIpc) is 3.24. The van der Waals surface area contributed by atoms with Gasteiger partial charge in [0.25, 0.3) is 5.69 Å². The molecule has 1 heterocycles. The van der Waals surface area contributed by atoms with Crippen molar-refractivity contribution in [3.8, 4) is 43.8 Å². The van der Waals surface area contributed by atoms with Crippen molar-refractivity contribution in [2.24, 2.45) is 0 Å². The molecule has 1 aromatic heterocycles. The number of nitro benzene ring substituents is 1. The summed E-state index contributed by atoms with van der Waals surface area (Å²) in [6, 6.07) is 22.0. The van der Waals surface area contributed by atoms with Crippen molar-refractivity contribution < 1.29 is 14.4 Å². The minimum atomic E-state index is -0.406. The van der Waals surface area contributed by atoms with E-state index >= 15 is 0 Å². The number of ether oxygens (including phenoxy) is 2. The van der Waals surface area contributed by atoms with E-state index < -0.39 is 4.92 Å². The number of hydrogen-bond donors (Lipinski definition) is 0.